The van der Waals surface area contributed by atoms with Gasteiger partial charge in [0.15, 0.2) is 0 Å². The van der Waals surface area contributed by atoms with E-state index in [1.54, 1.807) is 37.3 Å². The Kier molecular flexibility index (Phi) is 4.64. The van der Waals surface area contributed by atoms with Crippen LogP contribution in [0.4, 0.5) is 4.79 Å². The molecule has 0 spiro atoms. The topological polar surface area (TPSA) is 86.7 Å². The highest BCUT2D eigenvalue weighted by molar-refractivity contribution is 8.18. The van der Waals surface area contributed by atoms with Crippen LogP contribution in [0.15, 0.2) is 29.2 Å². The van der Waals surface area contributed by atoms with Gasteiger partial charge >= 0.3 is 0 Å². The van der Waals surface area contributed by atoms with Crippen LogP contribution in [0.5, 0.6) is 5.75 Å². The number of carboxylic acids is 1. The lowest BCUT2D eigenvalue weighted by Crippen LogP contribution is -2.28. The zero-order valence-corrected chi connectivity index (χ0v) is 12.0. The molecule has 0 unspecified atom stereocenters. The predicted octanol–water partition coefficient (Wildman–Crippen LogP) is 0.871. The lowest BCUT2D eigenvalue weighted by Gasteiger charge is -2.08. The number of imide groups is 1. The van der Waals surface area contributed by atoms with Crippen LogP contribution in [-0.4, -0.2) is 35.2 Å². The maximum atomic E-state index is 12.0. The summed E-state index contributed by atoms with van der Waals surface area (Å²) in [6, 6.07) is 6.58. The summed E-state index contributed by atoms with van der Waals surface area (Å²) in [5, 5.41) is 10.1. The average Bonchev–Trinajstić information content (AvgIpc) is 2.71. The molecule has 0 saturated carbocycles. The highest BCUT2D eigenvalue weighted by Gasteiger charge is 2.33. The lowest BCUT2D eigenvalue weighted by atomic mass is 10.2. The number of carboxylic acid groups (broad SMARTS) is 1. The van der Waals surface area contributed by atoms with E-state index < -0.39 is 12.6 Å². The molecule has 110 valence electrons. The number of thioether (sulfide) groups is 1. The molecule has 1 fully saturated rings. The monoisotopic (exact) mass is 306 g/mol. The third-order valence-corrected chi connectivity index (χ3v) is 3.61. The molecule has 0 aliphatic carbocycles. The molecular weight excluding hydrogens is 294 g/mol. The van der Waals surface area contributed by atoms with Crippen molar-refractivity contribution in [3.05, 3.63) is 34.7 Å². The smallest absolute Gasteiger partial charge is 0.293 e. The molecule has 1 aromatic carbocycles. The molecule has 1 heterocycles. The van der Waals surface area contributed by atoms with Gasteiger partial charge in [-0.3, -0.25) is 14.5 Å². The Labute approximate surface area is 125 Å². The second-order valence-corrected chi connectivity index (χ2v) is 5.15. The molecule has 1 aliphatic heterocycles. The fourth-order valence-electron chi connectivity index (χ4n) is 1.76. The van der Waals surface area contributed by atoms with Crippen molar-refractivity contribution < 1.29 is 24.2 Å². The largest absolute Gasteiger partial charge is 0.546 e. The fourth-order valence-corrected chi connectivity index (χ4v) is 2.66. The van der Waals surface area contributed by atoms with Crippen molar-refractivity contribution in [2.24, 2.45) is 0 Å². The molecule has 0 N–H and O–H groups in total. The van der Waals surface area contributed by atoms with E-state index in [1.807, 2.05) is 0 Å². The molecule has 21 heavy (non-hydrogen) atoms. The zero-order valence-electron chi connectivity index (χ0n) is 11.2. The van der Waals surface area contributed by atoms with Crippen LogP contribution in [0.3, 0.4) is 0 Å². The number of benzene rings is 1. The van der Waals surface area contributed by atoms with E-state index in [9.17, 15) is 19.5 Å². The van der Waals surface area contributed by atoms with E-state index in [0.29, 0.717) is 22.8 Å². The summed E-state index contributed by atoms with van der Waals surface area (Å²) in [5.41, 5.74) is 0.646. The van der Waals surface area contributed by atoms with Crippen LogP contribution in [0.2, 0.25) is 0 Å². The molecule has 1 aliphatic rings. The average molecular weight is 306 g/mol. The minimum absolute atomic E-state index is 0.293. The van der Waals surface area contributed by atoms with Crippen LogP contribution >= 0.6 is 11.8 Å². The molecular formula is C14H12NO5S-. The van der Waals surface area contributed by atoms with Crippen molar-refractivity contribution in [2.45, 2.75) is 6.92 Å². The molecule has 6 nitrogen and oxygen atoms in total. The minimum Gasteiger partial charge on any atom is -0.546 e. The maximum Gasteiger partial charge on any atom is 0.293 e. The summed E-state index contributed by atoms with van der Waals surface area (Å²) in [6.45, 7) is 1.51. The Hall–Kier alpha value is -2.28. The van der Waals surface area contributed by atoms with E-state index in [1.165, 1.54) is 0 Å². The molecule has 2 amide bonds. The first kappa shape index (κ1) is 15.1. The number of amides is 2. The van der Waals surface area contributed by atoms with Crippen molar-refractivity contribution in [2.75, 3.05) is 13.2 Å². The fraction of sp³-hybridized carbons (Fsp3) is 0.214. The van der Waals surface area contributed by atoms with Crippen molar-refractivity contribution in [1.29, 1.82) is 0 Å². The number of rotatable bonds is 5. The van der Waals surface area contributed by atoms with Gasteiger partial charge in [-0.2, -0.15) is 0 Å². The van der Waals surface area contributed by atoms with Gasteiger partial charge in [0.1, 0.15) is 12.4 Å². The number of hydrogen-bond donors (Lipinski definition) is 0. The van der Waals surface area contributed by atoms with Gasteiger partial charge in [-0.1, -0.05) is 12.1 Å². The normalized spacial score (nSPS) is 16.6. The van der Waals surface area contributed by atoms with Crippen molar-refractivity contribution in [3.8, 4) is 5.75 Å². The Morgan fingerprint density at radius 1 is 1.43 bits per heavy atom. The summed E-state index contributed by atoms with van der Waals surface area (Å²) in [6.07, 6.45) is 1.58. The maximum absolute atomic E-state index is 12.0. The van der Waals surface area contributed by atoms with Crippen LogP contribution in [-0.2, 0) is 9.59 Å². The second-order valence-electron chi connectivity index (χ2n) is 4.16. The van der Waals surface area contributed by atoms with Crippen LogP contribution < -0.4 is 9.84 Å². The summed E-state index contributed by atoms with van der Waals surface area (Å²) in [7, 11) is 0. The molecule has 2 rings (SSSR count). The first-order valence-corrected chi connectivity index (χ1v) is 7.01. The van der Waals surface area contributed by atoms with Gasteiger partial charge in [0.25, 0.3) is 11.1 Å². The second kappa shape index (κ2) is 6.45. The summed E-state index contributed by atoms with van der Waals surface area (Å²) in [4.78, 5) is 35.4. The quantitative estimate of drug-likeness (QED) is 0.750. The first-order valence-electron chi connectivity index (χ1n) is 6.19. The SMILES string of the molecule is CCN1C(=O)S/C(=C/c2cccc(OCC(=O)[O-])c2)C1=O. The number of hydrogen-bond acceptors (Lipinski definition) is 6. The zero-order chi connectivity index (χ0) is 15.4. The number of aliphatic carboxylic acids is 1. The summed E-state index contributed by atoms with van der Waals surface area (Å²) < 4.78 is 5.00. The molecule has 0 atom stereocenters. The van der Waals surface area contributed by atoms with Gasteiger partial charge < -0.3 is 14.6 Å². The summed E-state index contributed by atoms with van der Waals surface area (Å²) in [5.74, 6) is -1.29. The molecule has 1 saturated heterocycles. The highest BCUT2D eigenvalue weighted by Crippen LogP contribution is 2.32. The van der Waals surface area contributed by atoms with Gasteiger partial charge in [-0.15, -0.1) is 0 Å². The highest BCUT2D eigenvalue weighted by atomic mass is 32.2. The first-order chi connectivity index (χ1) is 10.0. The number of carbonyl (C=O) groups is 3. The van der Waals surface area contributed by atoms with Crippen LogP contribution in [0.25, 0.3) is 6.08 Å². The Morgan fingerprint density at radius 3 is 2.81 bits per heavy atom. The number of ether oxygens (including phenoxy) is 1. The summed E-state index contributed by atoms with van der Waals surface area (Å²) >= 11 is 0.879. The van der Waals surface area contributed by atoms with Gasteiger partial charge in [-0.25, -0.2) is 0 Å². The third kappa shape index (κ3) is 3.63. The van der Waals surface area contributed by atoms with Crippen molar-refractivity contribution >= 4 is 35.0 Å². The molecule has 1 aromatic rings. The van der Waals surface area contributed by atoms with Gasteiger partial charge in [0.05, 0.1) is 10.9 Å². The Morgan fingerprint density at radius 2 is 2.19 bits per heavy atom. The van der Waals surface area contributed by atoms with Gasteiger partial charge in [0, 0.05) is 6.54 Å². The van der Waals surface area contributed by atoms with E-state index in [-0.39, 0.29) is 11.1 Å². The van der Waals surface area contributed by atoms with E-state index in [2.05, 4.69) is 0 Å². The van der Waals surface area contributed by atoms with Crippen molar-refractivity contribution in [3.63, 3.8) is 0 Å². The minimum atomic E-state index is -1.32. The number of nitrogens with zero attached hydrogens (tertiary/aromatic N) is 1. The van der Waals surface area contributed by atoms with Crippen molar-refractivity contribution in [1.82, 2.24) is 4.90 Å². The third-order valence-electron chi connectivity index (χ3n) is 2.70. The molecule has 7 heteroatoms. The molecule has 0 radical (unpaired) electrons. The van der Waals surface area contributed by atoms with Crippen LogP contribution in [0.1, 0.15) is 12.5 Å². The Bertz CT molecular complexity index is 626. The molecule has 0 bridgehead atoms. The lowest BCUT2D eigenvalue weighted by molar-refractivity contribution is -0.307. The molecule has 0 aromatic heterocycles. The van der Waals surface area contributed by atoms with E-state index in [0.717, 1.165) is 16.7 Å². The predicted molar refractivity (Wildman–Crippen MR) is 75.3 cm³/mol. The van der Waals surface area contributed by atoms with E-state index >= 15 is 0 Å². The Balaban J connectivity index is 2.18. The van der Waals surface area contributed by atoms with Gasteiger partial charge in [-0.05, 0) is 42.5 Å². The standard InChI is InChI=1S/C14H13NO5S/c1-2-15-13(18)11(21-14(15)19)7-9-4-3-5-10(6-9)20-8-12(16)17/h3-7H,2,8H2,1H3,(H,16,17)/p-1/b11-7+. The number of carbonyl (C=O) groups excluding carboxylic acids is 3. The van der Waals surface area contributed by atoms with Crippen LogP contribution in [0, 0.1) is 0 Å². The van der Waals surface area contributed by atoms with Gasteiger partial charge in [0.2, 0.25) is 0 Å². The number of likely N-dealkylation sites (N-methyl/N-ethyl adjacent to an activating group) is 1. The van der Waals surface area contributed by atoms with E-state index in [4.69, 9.17) is 4.74 Å².